The first-order valence-corrected chi connectivity index (χ1v) is 22.1. The first-order chi connectivity index (χ1) is 17.4. The Morgan fingerprint density at radius 1 is 1.05 bits per heavy atom. The van der Waals surface area contributed by atoms with Crippen LogP contribution < -0.4 is 0 Å². The van der Waals surface area contributed by atoms with Crippen LogP contribution in [0.25, 0.3) is 0 Å². The maximum Gasteiger partial charge on any atom is 0.338 e. The van der Waals surface area contributed by atoms with Crippen LogP contribution in [-0.4, -0.2) is 62.1 Å². The zero-order chi connectivity index (χ0) is 27.9. The van der Waals surface area contributed by atoms with E-state index in [9.17, 15) is 8.42 Å². The van der Waals surface area contributed by atoms with Crippen LogP contribution in [0.15, 0.2) is 40.1 Å². The zero-order valence-corrected chi connectivity index (χ0v) is 27.1. The van der Waals surface area contributed by atoms with Crippen molar-refractivity contribution >= 4 is 26.5 Å². The second-order valence-corrected chi connectivity index (χ2v) is 25.3. The van der Waals surface area contributed by atoms with E-state index in [1.807, 2.05) is 6.92 Å². The van der Waals surface area contributed by atoms with Gasteiger partial charge >= 0.3 is 10.1 Å². The van der Waals surface area contributed by atoms with Gasteiger partial charge in [-0.05, 0) is 63.2 Å². The molecule has 2 saturated carbocycles. The molecule has 4 aliphatic carbocycles. The third-order valence-electron chi connectivity index (χ3n) is 10.1. The van der Waals surface area contributed by atoms with Crippen molar-refractivity contribution in [1.29, 1.82) is 0 Å². The van der Waals surface area contributed by atoms with Gasteiger partial charge in [0.25, 0.3) is 0 Å². The van der Waals surface area contributed by atoms with Crippen molar-refractivity contribution in [2.24, 2.45) is 22.7 Å². The van der Waals surface area contributed by atoms with Crippen LogP contribution in [0.5, 0.6) is 0 Å². The molecule has 0 amide bonds. The molecule has 38 heavy (non-hydrogen) atoms. The highest BCUT2D eigenvalue weighted by Gasteiger charge is 2.96. The van der Waals surface area contributed by atoms with Crippen molar-refractivity contribution in [1.82, 2.24) is 0 Å². The number of rotatable bonds is 7. The average molecular weight is 579 g/mol. The number of hydrogen-bond acceptors (Lipinski definition) is 7. The standard InChI is InChI=1S/C28H42O7SSi2/c1-17-11-13-19(14-12-17)36(29,30)34-22-23(37(5,6)7)26-18(2)15-21-27(26,33-21)20-16-32-28(31-4,25(20,22)3)24(26)35-38(8,9)10/h11-14,18,20-21,24H,15-16H2,1-10H3/t18-,20?,21?,24?,25?,26?,27?,28?/m1/s1. The highest BCUT2D eigenvalue weighted by atomic mass is 32.2. The quantitative estimate of drug-likeness (QED) is 0.249. The van der Waals surface area contributed by atoms with E-state index in [0.717, 1.165) is 17.2 Å². The van der Waals surface area contributed by atoms with Crippen LogP contribution in [-0.2, 0) is 32.9 Å². The summed E-state index contributed by atoms with van der Waals surface area (Å²) in [5.41, 5.74) is -0.960. The predicted molar refractivity (Wildman–Crippen MR) is 149 cm³/mol. The number of ether oxygens (including phenoxy) is 3. The first-order valence-electron chi connectivity index (χ1n) is 13.7. The third-order valence-corrected chi connectivity index (χ3v) is 14.4. The highest BCUT2D eigenvalue weighted by molar-refractivity contribution is 7.86. The van der Waals surface area contributed by atoms with Crippen LogP contribution in [0, 0.1) is 29.6 Å². The van der Waals surface area contributed by atoms with E-state index in [1.165, 1.54) is 0 Å². The SMILES string of the molecule is COC12OCC3C1(C)C(OS(=O)(=O)c1ccc(C)cc1)=C([Si](C)(C)C)C1(C2O[Si](C)(C)C)[C@H](C)CC2OC231. The number of aryl methyl sites for hydroxylation is 1. The molecular formula is C28H42O7SSi2. The number of hydrogen-bond donors (Lipinski definition) is 0. The van der Waals surface area contributed by atoms with Crippen molar-refractivity contribution in [2.75, 3.05) is 13.7 Å². The normalized spacial score (nSPS) is 43.3. The minimum absolute atomic E-state index is 0.102. The Kier molecular flexibility index (Phi) is 5.45. The molecule has 4 fully saturated rings. The number of epoxide rings is 1. The van der Waals surface area contributed by atoms with Crippen molar-refractivity contribution in [2.45, 2.75) is 95.0 Å². The summed E-state index contributed by atoms with van der Waals surface area (Å²) < 4.78 is 61.3. The van der Waals surface area contributed by atoms with Crippen LogP contribution in [0.2, 0.25) is 39.3 Å². The number of benzene rings is 1. The summed E-state index contributed by atoms with van der Waals surface area (Å²) in [6.07, 6.45) is 0.589. The van der Waals surface area contributed by atoms with E-state index in [2.05, 4.69) is 53.1 Å². The summed E-state index contributed by atoms with van der Waals surface area (Å²) in [7, 11) is -6.81. The Hall–Kier alpha value is -1.02. The first kappa shape index (κ1) is 27.2. The molecule has 1 aromatic carbocycles. The molecule has 2 aliphatic heterocycles. The van der Waals surface area contributed by atoms with Gasteiger partial charge in [-0.1, -0.05) is 44.3 Å². The zero-order valence-electron chi connectivity index (χ0n) is 24.3. The Bertz CT molecular complexity index is 1330. The van der Waals surface area contributed by atoms with E-state index in [0.29, 0.717) is 12.4 Å². The lowest BCUT2D eigenvalue weighted by atomic mass is 9.44. The largest absolute Gasteiger partial charge is 0.408 e. The minimum Gasteiger partial charge on any atom is -0.408 e. The van der Waals surface area contributed by atoms with Crippen LogP contribution >= 0.6 is 0 Å². The Morgan fingerprint density at radius 3 is 2.24 bits per heavy atom. The minimum atomic E-state index is -4.11. The maximum atomic E-state index is 13.9. The van der Waals surface area contributed by atoms with Gasteiger partial charge in [-0.2, -0.15) is 8.42 Å². The molecule has 1 aromatic rings. The summed E-state index contributed by atoms with van der Waals surface area (Å²) in [5.74, 6) is -0.575. The molecule has 2 saturated heterocycles. The summed E-state index contributed by atoms with van der Waals surface area (Å²) in [6, 6.07) is 6.84. The molecule has 10 heteroatoms. The summed E-state index contributed by atoms with van der Waals surface area (Å²) in [5, 5.41) is 1.12. The van der Waals surface area contributed by atoms with Crippen molar-refractivity contribution in [3.05, 3.63) is 40.8 Å². The fourth-order valence-electron chi connectivity index (χ4n) is 8.90. The van der Waals surface area contributed by atoms with Gasteiger partial charge in [0, 0.05) is 13.0 Å². The summed E-state index contributed by atoms with van der Waals surface area (Å²) in [4.78, 5) is 0.150. The highest BCUT2D eigenvalue weighted by Crippen LogP contribution is 2.86. The molecule has 4 bridgehead atoms. The van der Waals surface area contributed by atoms with Gasteiger partial charge in [-0.25, -0.2) is 0 Å². The molecule has 7 unspecified atom stereocenters. The monoisotopic (exact) mass is 578 g/mol. The lowest BCUT2D eigenvalue weighted by molar-refractivity contribution is -0.334. The van der Waals surface area contributed by atoms with Crippen LogP contribution in [0.4, 0.5) is 0 Å². The summed E-state index contributed by atoms with van der Waals surface area (Å²) in [6.45, 7) is 20.1. The van der Waals surface area contributed by atoms with E-state index >= 15 is 0 Å². The maximum absolute atomic E-state index is 13.9. The third kappa shape index (κ3) is 2.95. The molecule has 2 heterocycles. The lowest BCUT2D eigenvalue weighted by Crippen LogP contribution is -2.79. The van der Waals surface area contributed by atoms with Crippen LogP contribution in [0.3, 0.4) is 0 Å². The molecule has 8 atom stereocenters. The Morgan fingerprint density at radius 2 is 1.68 bits per heavy atom. The fraction of sp³-hybridized carbons (Fsp3) is 0.714. The van der Waals surface area contributed by atoms with E-state index in [4.69, 9.17) is 22.8 Å². The van der Waals surface area contributed by atoms with Gasteiger partial charge in [-0.15, -0.1) is 0 Å². The fourth-order valence-corrected chi connectivity index (χ4v) is 13.9. The van der Waals surface area contributed by atoms with E-state index < -0.39 is 54.8 Å². The topological polar surface area (TPSA) is 83.6 Å². The van der Waals surface area contributed by atoms with Gasteiger partial charge < -0.3 is 22.8 Å². The summed E-state index contributed by atoms with van der Waals surface area (Å²) >= 11 is 0. The molecule has 2 spiro atoms. The van der Waals surface area contributed by atoms with Gasteiger partial charge in [0.05, 0.1) is 31.6 Å². The smallest absolute Gasteiger partial charge is 0.338 e. The predicted octanol–water partition coefficient (Wildman–Crippen LogP) is 5.24. The van der Waals surface area contributed by atoms with E-state index in [-0.39, 0.29) is 22.8 Å². The van der Waals surface area contributed by atoms with Gasteiger partial charge in [-0.3, -0.25) is 0 Å². The van der Waals surface area contributed by atoms with Gasteiger partial charge in [0.1, 0.15) is 22.4 Å². The van der Waals surface area contributed by atoms with E-state index in [1.54, 1.807) is 31.4 Å². The van der Waals surface area contributed by atoms with Crippen molar-refractivity contribution in [3.63, 3.8) is 0 Å². The molecular weight excluding hydrogens is 537 g/mol. The Balaban J connectivity index is 1.68. The molecule has 0 radical (unpaired) electrons. The molecule has 7 nitrogen and oxygen atoms in total. The molecule has 0 N–H and O–H groups in total. The lowest BCUT2D eigenvalue weighted by Gasteiger charge is -2.68. The molecule has 210 valence electrons. The second-order valence-electron chi connectivity index (χ2n) is 14.3. The molecule has 6 aliphatic rings. The number of methoxy groups -OCH3 is 1. The molecule has 0 aromatic heterocycles. The second kappa shape index (κ2) is 7.63. The van der Waals surface area contributed by atoms with Gasteiger partial charge in [0.2, 0.25) is 5.79 Å². The Labute approximate surface area is 229 Å². The van der Waals surface area contributed by atoms with Crippen molar-refractivity contribution < 1.29 is 31.2 Å². The van der Waals surface area contributed by atoms with Crippen molar-refractivity contribution in [3.8, 4) is 0 Å². The molecule has 7 rings (SSSR count). The average Bonchev–Trinajstić information content (AvgIpc) is 3.32. The van der Waals surface area contributed by atoms with Gasteiger partial charge in [0.15, 0.2) is 8.32 Å². The van der Waals surface area contributed by atoms with Crippen LogP contribution in [0.1, 0.15) is 25.8 Å².